The normalized spacial score (nSPS) is 12.1. The van der Waals surface area contributed by atoms with E-state index < -0.39 is 17.7 Å². The van der Waals surface area contributed by atoms with Crippen LogP contribution in [0.4, 0.5) is 14.5 Å². The molecule has 0 aliphatic carbocycles. The lowest BCUT2D eigenvalue weighted by molar-refractivity contribution is -0.122. The van der Waals surface area contributed by atoms with Crippen LogP contribution in [0.2, 0.25) is 0 Å². The van der Waals surface area contributed by atoms with Crippen LogP contribution in [0.1, 0.15) is 26.3 Å². The highest BCUT2D eigenvalue weighted by molar-refractivity contribution is 7.80. The number of nitrogens with two attached hydrogens (primary N) is 1. The fourth-order valence-corrected chi connectivity index (χ4v) is 1.72. The van der Waals surface area contributed by atoms with Crippen LogP contribution >= 0.6 is 12.2 Å². The minimum absolute atomic E-state index is 0.0367. The van der Waals surface area contributed by atoms with Crippen molar-refractivity contribution in [3.05, 3.63) is 29.3 Å². The molecule has 1 aromatic rings. The zero-order valence-corrected chi connectivity index (χ0v) is 12.3. The molecule has 0 aliphatic heterocycles. The SMILES string of the molecule is CC(C)NC(=O)C(C)Nc1ccc(C(N)=S)c(F)c1F. The summed E-state index contributed by atoms with van der Waals surface area (Å²) in [5.41, 5.74) is 5.00. The van der Waals surface area contributed by atoms with E-state index in [1.165, 1.54) is 12.1 Å². The highest BCUT2D eigenvalue weighted by atomic mass is 32.1. The predicted octanol–water partition coefficient (Wildman–Crippen LogP) is 1.92. The molecule has 110 valence electrons. The molecule has 4 N–H and O–H groups in total. The number of carbonyl (C=O) groups excluding carboxylic acids is 1. The Morgan fingerprint density at radius 3 is 2.35 bits per heavy atom. The molecule has 4 nitrogen and oxygen atoms in total. The van der Waals surface area contributed by atoms with Crippen molar-refractivity contribution in [2.24, 2.45) is 5.73 Å². The maximum atomic E-state index is 13.8. The second-order valence-electron chi connectivity index (χ2n) is 4.68. The molecular weight excluding hydrogens is 284 g/mol. The molecule has 0 spiro atoms. The number of amides is 1. The summed E-state index contributed by atoms with van der Waals surface area (Å²) in [7, 11) is 0. The first-order chi connectivity index (χ1) is 9.23. The maximum absolute atomic E-state index is 13.8. The minimum atomic E-state index is -1.13. The zero-order valence-electron chi connectivity index (χ0n) is 11.5. The van der Waals surface area contributed by atoms with Crippen LogP contribution in [0.5, 0.6) is 0 Å². The fraction of sp³-hybridized carbons (Fsp3) is 0.385. The van der Waals surface area contributed by atoms with Crippen molar-refractivity contribution in [1.82, 2.24) is 5.32 Å². The third-order valence-electron chi connectivity index (χ3n) is 2.54. The molecule has 1 aromatic carbocycles. The monoisotopic (exact) mass is 301 g/mol. The second-order valence-corrected chi connectivity index (χ2v) is 5.12. The molecule has 0 heterocycles. The molecule has 20 heavy (non-hydrogen) atoms. The zero-order chi connectivity index (χ0) is 15.4. The number of hydrogen-bond acceptors (Lipinski definition) is 3. The molecule has 0 saturated heterocycles. The summed E-state index contributed by atoms with van der Waals surface area (Å²) in [6, 6.07) is 1.83. The second kappa shape index (κ2) is 6.60. The van der Waals surface area contributed by atoms with E-state index in [1.807, 2.05) is 13.8 Å². The lowest BCUT2D eigenvalue weighted by atomic mass is 10.1. The molecule has 0 bridgehead atoms. The van der Waals surface area contributed by atoms with Crippen LogP contribution in [0.25, 0.3) is 0 Å². The van der Waals surface area contributed by atoms with Gasteiger partial charge in [-0.15, -0.1) is 0 Å². The molecule has 1 unspecified atom stereocenters. The van der Waals surface area contributed by atoms with E-state index in [0.717, 1.165) is 0 Å². The van der Waals surface area contributed by atoms with E-state index in [4.69, 9.17) is 5.73 Å². The molecule has 0 radical (unpaired) electrons. The minimum Gasteiger partial charge on any atom is -0.389 e. The van der Waals surface area contributed by atoms with E-state index in [0.29, 0.717) is 0 Å². The molecule has 1 atom stereocenters. The van der Waals surface area contributed by atoms with Crippen molar-refractivity contribution in [2.45, 2.75) is 32.9 Å². The van der Waals surface area contributed by atoms with Crippen molar-refractivity contribution < 1.29 is 13.6 Å². The Balaban J connectivity index is 2.91. The smallest absolute Gasteiger partial charge is 0.242 e. The number of nitrogens with one attached hydrogen (secondary N) is 2. The first-order valence-electron chi connectivity index (χ1n) is 6.08. The van der Waals surface area contributed by atoms with Crippen LogP contribution in [0.15, 0.2) is 12.1 Å². The van der Waals surface area contributed by atoms with Gasteiger partial charge in [-0.3, -0.25) is 4.79 Å². The number of rotatable bonds is 5. The van der Waals surface area contributed by atoms with Crippen LogP contribution in [-0.2, 0) is 4.79 Å². The highest BCUT2D eigenvalue weighted by Crippen LogP contribution is 2.21. The first-order valence-corrected chi connectivity index (χ1v) is 6.49. The number of anilines is 1. The van der Waals surface area contributed by atoms with Gasteiger partial charge in [-0.25, -0.2) is 8.78 Å². The van der Waals surface area contributed by atoms with Crippen molar-refractivity contribution in [1.29, 1.82) is 0 Å². The number of benzene rings is 1. The molecular formula is C13H17F2N3OS. The van der Waals surface area contributed by atoms with Crippen molar-refractivity contribution in [3.63, 3.8) is 0 Å². The van der Waals surface area contributed by atoms with Gasteiger partial charge in [-0.05, 0) is 32.9 Å². The van der Waals surface area contributed by atoms with Gasteiger partial charge in [0.25, 0.3) is 0 Å². The summed E-state index contributed by atoms with van der Waals surface area (Å²) in [5.74, 6) is -2.54. The molecule has 0 fully saturated rings. The fourth-order valence-electron chi connectivity index (χ4n) is 1.56. The summed E-state index contributed by atoms with van der Waals surface area (Å²) >= 11 is 4.62. The van der Waals surface area contributed by atoms with Crippen molar-refractivity contribution >= 4 is 28.8 Å². The summed E-state index contributed by atoms with van der Waals surface area (Å²) in [6.45, 7) is 5.17. The molecule has 1 amide bonds. The summed E-state index contributed by atoms with van der Waals surface area (Å²) in [4.78, 5) is 11.5. The van der Waals surface area contributed by atoms with Gasteiger partial charge in [0, 0.05) is 11.6 Å². The standard InChI is InChI=1S/C13H17F2N3OS/c1-6(2)17-13(19)7(3)18-9-5-4-8(12(16)20)10(14)11(9)15/h4-7,18H,1-3H3,(H2,16,20)(H,17,19). The van der Waals surface area contributed by atoms with E-state index in [-0.39, 0.29) is 28.2 Å². The van der Waals surface area contributed by atoms with Crippen LogP contribution in [0.3, 0.4) is 0 Å². The predicted molar refractivity (Wildman–Crippen MR) is 78.6 cm³/mol. The molecule has 0 aromatic heterocycles. The number of hydrogen-bond donors (Lipinski definition) is 3. The Morgan fingerprint density at radius 1 is 1.25 bits per heavy atom. The third kappa shape index (κ3) is 3.86. The number of thiocarbonyl (C=S) groups is 1. The molecule has 0 saturated carbocycles. The Labute approximate surface area is 121 Å². The van der Waals surface area contributed by atoms with E-state index in [1.54, 1.807) is 6.92 Å². The number of carbonyl (C=O) groups is 1. The topological polar surface area (TPSA) is 67.2 Å². The van der Waals surface area contributed by atoms with Gasteiger partial charge in [0.05, 0.1) is 5.69 Å². The Kier molecular flexibility index (Phi) is 5.38. The first kappa shape index (κ1) is 16.3. The van der Waals surface area contributed by atoms with Crippen molar-refractivity contribution in [3.8, 4) is 0 Å². The lowest BCUT2D eigenvalue weighted by Gasteiger charge is -2.18. The summed E-state index contributed by atoms with van der Waals surface area (Å²) < 4.78 is 27.5. The van der Waals surface area contributed by atoms with E-state index in [9.17, 15) is 13.6 Å². The van der Waals surface area contributed by atoms with E-state index in [2.05, 4.69) is 22.9 Å². The lowest BCUT2D eigenvalue weighted by Crippen LogP contribution is -2.41. The van der Waals surface area contributed by atoms with Crippen LogP contribution in [0, 0.1) is 11.6 Å². The van der Waals surface area contributed by atoms with Crippen LogP contribution in [-0.4, -0.2) is 23.0 Å². The Morgan fingerprint density at radius 2 is 1.85 bits per heavy atom. The Hall–Kier alpha value is -1.76. The maximum Gasteiger partial charge on any atom is 0.242 e. The molecule has 0 aliphatic rings. The van der Waals surface area contributed by atoms with E-state index >= 15 is 0 Å². The summed E-state index contributed by atoms with van der Waals surface area (Å²) in [6.07, 6.45) is 0. The van der Waals surface area contributed by atoms with Crippen LogP contribution < -0.4 is 16.4 Å². The van der Waals surface area contributed by atoms with Gasteiger partial charge in [-0.2, -0.15) is 0 Å². The third-order valence-corrected chi connectivity index (χ3v) is 2.76. The Bertz CT molecular complexity index is 535. The number of halogens is 2. The van der Waals surface area contributed by atoms with Gasteiger partial charge >= 0.3 is 0 Å². The van der Waals surface area contributed by atoms with Gasteiger partial charge in [0.1, 0.15) is 11.0 Å². The van der Waals surface area contributed by atoms with Gasteiger partial charge in [-0.1, -0.05) is 12.2 Å². The average molecular weight is 301 g/mol. The largest absolute Gasteiger partial charge is 0.389 e. The highest BCUT2D eigenvalue weighted by Gasteiger charge is 2.19. The quantitative estimate of drug-likeness (QED) is 0.727. The molecule has 7 heteroatoms. The van der Waals surface area contributed by atoms with Crippen molar-refractivity contribution in [2.75, 3.05) is 5.32 Å². The van der Waals surface area contributed by atoms with Gasteiger partial charge < -0.3 is 16.4 Å². The van der Waals surface area contributed by atoms with Gasteiger partial charge in [0.15, 0.2) is 11.6 Å². The van der Waals surface area contributed by atoms with Gasteiger partial charge in [0.2, 0.25) is 5.91 Å². The summed E-state index contributed by atoms with van der Waals surface area (Å²) in [5, 5.41) is 5.28. The average Bonchev–Trinajstić information content (AvgIpc) is 2.33. The molecule has 1 rings (SSSR count).